The zero-order valence-corrected chi connectivity index (χ0v) is 18.5. The molecule has 0 aromatic carbocycles. The molecule has 2 N–H and O–H groups in total. The molecule has 0 atom stereocenters. The van der Waals surface area contributed by atoms with Gasteiger partial charge in [0, 0.05) is 52.4 Å². The lowest BCUT2D eigenvalue weighted by Crippen LogP contribution is -2.47. The zero-order chi connectivity index (χ0) is 17.2. The van der Waals surface area contributed by atoms with Gasteiger partial charge in [0.05, 0.1) is 13.2 Å². The van der Waals surface area contributed by atoms with E-state index < -0.39 is 0 Å². The predicted octanol–water partition coefficient (Wildman–Crippen LogP) is 0.128. The summed E-state index contributed by atoms with van der Waals surface area (Å²) in [5.41, 5.74) is 0. The molecular weight excluding hydrogens is 431 g/mol. The second-order valence-corrected chi connectivity index (χ2v) is 6.92. The first-order valence-corrected chi connectivity index (χ1v) is 9.32. The van der Waals surface area contributed by atoms with Gasteiger partial charge in [-0.25, -0.2) is 0 Å². The monoisotopic (exact) mass is 468 g/mol. The molecule has 0 bridgehead atoms. The number of hydrogen-bond donors (Lipinski definition) is 2. The van der Waals surface area contributed by atoms with Crippen molar-refractivity contribution >= 4 is 29.9 Å². The average molecular weight is 468 g/mol. The quantitative estimate of drug-likeness (QED) is 0.315. The summed E-state index contributed by atoms with van der Waals surface area (Å²) in [4.78, 5) is 11.7. The van der Waals surface area contributed by atoms with E-state index in [1.807, 2.05) is 7.05 Å². The summed E-state index contributed by atoms with van der Waals surface area (Å²) in [6.07, 6.45) is 2.55. The molecule has 2 aliphatic rings. The summed E-state index contributed by atoms with van der Waals surface area (Å²) < 4.78 is 5.37. The Morgan fingerprint density at radius 2 is 1.52 bits per heavy atom. The standard InChI is InChI=1S/C17H36N6O.HI/c1-18-17(20-7-11-23-12-14-24-15-13-23)19-6-10-22-8-4-16(5-9-22)21(2)3;/h16H,4-15H2,1-3H3,(H2,18,19,20);1H. The van der Waals surface area contributed by atoms with Gasteiger partial charge in [-0.2, -0.15) is 0 Å². The summed E-state index contributed by atoms with van der Waals surface area (Å²) in [7, 11) is 6.22. The minimum Gasteiger partial charge on any atom is -0.379 e. The molecule has 0 spiro atoms. The van der Waals surface area contributed by atoms with Crippen molar-refractivity contribution in [1.82, 2.24) is 25.3 Å². The van der Waals surface area contributed by atoms with Crippen LogP contribution >= 0.6 is 24.0 Å². The van der Waals surface area contributed by atoms with Gasteiger partial charge in [-0.15, -0.1) is 24.0 Å². The van der Waals surface area contributed by atoms with Gasteiger partial charge in [-0.1, -0.05) is 0 Å². The van der Waals surface area contributed by atoms with Crippen LogP contribution in [0.3, 0.4) is 0 Å². The molecule has 0 aromatic rings. The van der Waals surface area contributed by atoms with Crippen LogP contribution in [0.25, 0.3) is 0 Å². The number of morpholine rings is 1. The highest BCUT2D eigenvalue weighted by Crippen LogP contribution is 2.13. The van der Waals surface area contributed by atoms with Crippen LogP contribution in [0.5, 0.6) is 0 Å². The molecule has 2 fully saturated rings. The third kappa shape index (κ3) is 8.85. The van der Waals surface area contributed by atoms with Crippen molar-refractivity contribution in [3.8, 4) is 0 Å². The number of aliphatic imine (C=N–C) groups is 1. The van der Waals surface area contributed by atoms with E-state index in [2.05, 4.69) is 44.4 Å². The molecule has 0 amide bonds. The predicted molar refractivity (Wildman–Crippen MR) is 115 cm³/mol. The topological polar surface area (TPSA) is 55.4 Å². The van der Waals surface area contributed by atoms with Crippen LogP contribution in [0, 0.1) is 0 Å². The van der Waals surface area contributed by atoms with Crippen molar-refractivity contribution in [2.24, 2.45) is 4.99 Å². The van der Waals surface area contributed by atoms with Gasteiger partial charge >= 0.3 is 0 Å². The minimum atomic E-state index is 0. The molecule has 2 saturated heterocycles. The van der Waals surface area contributed by atoms with Crippen LogP contribution in [-0.4, -0.2) is 113 Å². The number of nitrogens with one attached hydrogen (secondary N) is 2. The molecular formula is C17H37IN6O. The molecule has 0 radical (unpaired) electrons. The van der Waals surface area contributed by atoms with E-state index in [1.165, 1.54) is 25.9 Å². The summed E-state index contributed by atoms with van der Waals surface area (Å²) in [6, 6.07) is 0.754. The van der Waals surface area contributed by atoms with Crippen LogP contribution < -0.4 is 10.6 Å². The Kier molecular flexibility index (Phi) is 12.0. The van der Waals surface area contributed by atoms with E-state index in [-0.39, 0.29) is 24.0 Å². The highest BCUT2D eigenvalue weighted by atomic mass is 127. The third-order valence-corrected chi connectivity index (χ3v) is 5.06. The molecule has 2 aliphatic heterocycles. The smallest absolute Gasteiger partial charge is 0.191 e. The number of piperidine rings is 1. The van der Waals surface area contributed by atoms with Crippen molar-refractivity contribution < 1.29 is 4.74 Å². The Bertz CT molecular complexity index is 368. The summed E-state index contributed by atoms with van der Waals surface area (Å²) in [5.74, 6) is 0.909. The highest BCUT2D eigenvalue weighted by molar-refractivity contribution is 14.0. The van der Waals surface area contributed by atoms with Crippen LogP contribution in [0.2, 0.25) is 0 Å². The van der Waals surface area contributed by atoms with Crippen molar-refractivity contribution in [1.29, 1.82) is 0 Å². The molecule has 25 heavy (non-hydrogen) atoms. The Morgan fingerprint density at radius 3 is 2.00 bits per heavy atom. The number of nitrogens with zero attached hydrogens (tertiary/aromatic N) is 4. The van der Waals surface area contributed by atoms with Crippen molar-refractivity contribution in [2.45, 2.75) is 18.9 Å². The second-order valence-electron chi connectivity index (χ2n) is 6.92. The first-order valence-electron chi connectivity index (χ1n) is 9.32. The normalized spacial score (nSPS) is 21.2. The Labute approximate surface area is 170 Å². The van der Waals surface area contributed by atoms with Crippen LogP contribution in [0.4, 0.5) is 0 Å². The fourth-order valence-electron chi connectivity index (χ4n) is 3.37. The lowest BCUT2D eigenvalue weighted by atomic mass is 10.0. The molecule has 0 saturated carbocycles. The van der Waals surface area contributed by atoms with Gasteiger partial charge in [-0.05, 0) is 40.0 Å². The fourth-order valence-corrected chi connectivity index (χ4v) is 3.37. The maximum Gasteiger partial charge on any atom is 0.191 e. The van der Waals surface area contributed by atoms with E-state index in [0.29, 0.717) is 0 Å². The highest BCUT2D eigenvalue weighted by Gasteiger charge is 2.20. The number of guanidine groups is 1. The summed E-state index contributed by atoms with van der Waals surface area (Å²) >= 11 is 0. The van der Waals surface area contributed by atoms with Crippen molar-refractivity contribution in [3.63, 3.8) is 0 Å². The van der Waals surface area contributed by atoms with Gasteiger partial charge in [0.15, 0.2) is 5.96 Å². The van der Waals surface area contributed by atoms with Crippen LogP contribution in [0.15, 0.2) is 4.99 Å². The maximum absolute atomic E-state index is 5.37. The molecule has 0 aliphatic carbocycles. The summed E-state index contributed by atoms with van der Waals surface area (Å²) in [5, 5.41) is 6.84. The Balaban J connectivity index is 0.00000312. The number of hydrogen-bond acceptors (Lipinski definition) is 5. The zero-order valence-electron chi connectivity index (χ0n) is 16.2. The Morgan fingerprint density at radius 1 is 1.00 bits per heavy atom. The van der Waals surface area contributed by atoms with E-state index in [4.69, 9.17) is 4.74 Å². The molecule has 7 nitrogen and oxygen atoms in total. The van der Waals surface area contributed by atoms with Gasteiger partial charge < -0.3 is 25.2 Å². The lowest BCUT2D eigenvalue weighted by Gasteiger charge is -2.35. The second kappa shape index (κ2) is 13.1. The molecule has 2 rings (SSSR count). The van der Waals surface area contributed by atoms with Crippen molar-refractivity contribution in [3.05, 3.63) is 0 Å². The van der Waals surface area contributed by atoms with Crippen LogP contribution in [0.1, 0.15) is 12.8 Å². The molecule has 0 unspecified atom stereocenters. The number of ether oxygens (including phenoxy) is 1. The average Bonchev–Trinajstić information content (AvgIpc) is 2.61. The first kappa shape index (κ1) is 22.9. The van der Waals surface area contributed by atoms with E-state index >= 15 is 0 Å². The molecule has 0 aromatic heterocycles. The maximum atomic E-state index is 5.37. The number of halogens is 1. The van der Waals surface area contributed by atoms with Gasteiger partial charge in [0.25, 0.3) is 0 Å². The van der Waals surface area contributed by atoms with Gasteiger partial charge in [0.2, 0.25) is 0 Å². The van der Waals surface area contributed by atoms with Gasteiger partial charge in [-0.3, -0.25) is 9.89 Å². The molecule has 8 heteroatoms. The van der Waals surface area contributed by atoms with E-state index in [1.54, 1.807) is 0 Å². The third-order valence-electron chi connectivity index (χ3n) is 5.06. The minimum absolute atomic E-state index is 0. The largest absolute Gasteiger partial charge is 0.379 e. The molecule has 2 heterocycles. The van der Waals surface area contributed by atoms with E-state index in [0.717, 1.165) is 64.5 Å². The molecule has 148 valence electrons. The van der Waals surface area contributed by atoms with Crippen LogP contribution in [-0.2, 0) is 4.74 Å². The Hall–Kier alpha value is -0.160. The first-order chi connectivity index (χ1) is 11.7. The van der Waals surface area contributed by atoms with Crippen molar-refractivity contribution in [2.75, 3.05) is 86.7 Å². The summed E-state index contributed by atoms with van der Waals surface area (Å²) in [6.45, 7) is 10.2. The van der Waals surface area contributed by atoms with E-state index in [9.17, 15) is 0 Å². The van der Waals surface area contributed by atoms with Gasteiger partial charge in [0.1, 0.15) is 0 Å². The number of rotatable bonds is 7. The fraction of sp³-hybridized carbons (Fsp3) is 0.941. The SMILES string of the molecule is CN=C(NCCN1CCOCC1)NCCN1CCC(N(C)C)CC1.I. The lowest BCUT2D eigenvalue weighted by molar-refractivity contribution is 0.0389. The number of likely N-dealkylation sites (tertiary alicyclic amines) is 1.